The fraction of sp³-hybridized carbons (Fsp3) is 0.533. The second-order valence-electron chi connectivity index (χ2n) is 5.49. The Labute approximate surface area is 107 Å². The minimum atomic E-state index is -0.798. The van der Waals surface area contributed by atoms with Gasteiger partial charge in [0.25, 0.3) is 0 Å². The van der Waals surface area contributed by atoms with Crippen LogP contribution in [0.1, 0.15) is 43.2 Å². The molecule has 98 valence electrons. The lowest BCUT2D eigenvalue weighted by molar-refractivity contribution is -0.143. The van der Waals surface area contributed by atoms with E-state index in [2.05, 4.69) is 6.92 Å². The quantitative estimate of drug-likeness (QED) is 0.868. The topological polar surface area (TPSA) is 37.3 Å². The number of halogens is 1. The van der Waals surface area contributed by atoms with E-state index in [9.17, 15) is 14.3 Å². The highest BCUT2D eigenvalue weighted by molar-refractivity contribution is 5.71. The molecule has 2 nitrogen and oxygen atoms in total. The van der Waals surface area contributed by atoms with Crippen LogP contribution < -0.4 is 0 Å². The highest BCUT2D eigenvalue weighted by Crippen LogP contribution is 2.41. The lowest BCUT2D eigenvalue weighted by Crippen LogP contribution is -2.29. The summed E-state index contributed by atoms with van der Waals surface area (Å²) >= 11 is 0. The van der Waals surface area contributed by atoms with Gasteiger partial charge in [-0.25, -0.2) is 4.39 Å². The zero-order valence-corrected chi connectivity index (χ0v) is 10.8. The summed E-state index contributed by atoms with van der Waals surface area (Å²) in [5.74, 6) is -1.24. The van der Waals surface area contributed by atoms with E-state index < -0.39 is 11.9 Å². The molecule has 18 heavy (non-hydrogen) atoms. The molecule has 1 fully saturated rings. The molecule has 3 unspecified atom stereocenters. The molecule has 3 heteroatoms. The van der Waals surface area contributed by atoms with Crippen LogP contribution in [0.5, 0.6) is 0 Å². The summed E-state index contributed by atoms with van der Waals surface area (Å²) in [6, 6.07) is 4.97. The first-order valence-corrected chi connectivity index (χ1v) is 6.48. The SMILES string of the molecule is Cc1ccc(F)c(C2CC(C)CCC2C(=O)O)c1. The van der Waals surface area contributed by atoms with Crippen molar-refractivity contribution in [2.75, 3.05) is 0 Å². The highest BCUT2D eigenvalue weighted by Gasteiger charge is 2.35. The van der Waals surface area contributed by atoms with Crippen LogP contribution in [0.15, 0.2) is 18.2 Å². The Kier molecular flexibility index (Phi) is 3.69. The van der Waals surface area contributed by atoms with E-state index >= 15 is 0 Å². The van der Waals surface area contributed by atoms with Gasteiger partial charge >= 0.3 is 5.97 Å². The molecule has 1 aliphatic rings. The highest BCUT2D eigenvalue weighted by atomic mass is 19.1. The standard InChI is InChI=1S/C15H19FO2/c1-9-3-5-11(15(17)18)12(7-9)13-8-10(2)4-6-14(13)16/h4,6,8-9,11-12H,3,5,7H2,1-2H3,(H,17,18). The fourth-order valence-corrected chi connectivity index (χ4v) is 2.97. The predicted molar refractivity (Wildman–Crippen MR) is 68.0 cm³/mol. The maximum Gasteiger partial charge on any atom is 0.307 e. The van der Waals surface area contributed by atoms with Crippen LogP contribution in [-0.2, 0) is 4.79 Å². The van der Waals surface area contributed by atoms with Gasteiger partial charge < -0.3 is 5.11 Å². The molecule has 0 heterocycles. The van der Waals surface area contributed by atoms with Crippen LogP contribution in [0, 0.1) is 24.6 Å². The molecule has 0 bridgehead atoms. The van der Waals surface area contributed by atoms with Crippen molar-refractivity contribution in [2.24, 2.45) is 11.8 Å². The molecule has 0 radical (unpaired) electrons. The van der Waals surface area contributed by atoms with Gasteiger partial charge in [-0.05, 0) is 43.7 Å². The number of aryl methyl sites for hydroxylation is 1. The molecule has 0 spiro atoms. The van der Waals surface area contributed by atoms with Crippen LogP contribution >= 0.6 is 0 Å². The van der Waals surface area contributed by atoms with E-state index in [0.717, 1.165) is 18.4 Å². The Bertz CT molecular complexity index is 456. The van der Waals surface area contributed by atoms with Crippen molar-refractivity contribution < 1.29 is 14.3 Å². The van der Waals surface area contributed by atoms with E-state index in [4.69, 9.17) is 0 Å². The Balaban J connectivity index is 2.37. The van der Waals surface area contributed by atoms with Gasteiger partial charge in [0.1, 0.15) is 5.82 Å². The summed E-state index contributed by atoms with van der Waals surface area (Å²) in [4.78, 5) is 11.3. The Morgan fingerprint density at radius 1 is 1.39 bits per heavy atom. The summed E-state index contributed by atoms with van der Waals surface area (Å²) < 4.78 is 13.9. The molecule has 3 atom stereocenters. The second kappa shape index (κ2) is 5.09. The molecule has 1 aromatic rings. The summed E-state index contributed by atoms with van der Waals surface area (Å²) in [6.07, 6.45) is 2.33. The Morgan fingerprint density at radius 2 is 2.11 bits per heavy atom. The fourth-order valence-electron chi connectivity index (χ4n) is 2.97. The first-order chi connectivity index (χ1) is 8.49. The molecule has 1 N–H and O–H groups in total. The van der Waals surface area contributed by atoms with Crippen molar-refractivity contribution in [2.45, 2.75) is 39.0 Å². The van der Waals surface area contributed by atoms with Crippen molar-refractivity contribution in [1.82, 2.24) is 0 Å². The van der Waals surface area contributed by atoms with Crippen molar-refractivity contribution in [3.63, 3.8) is 0 Å². The third-order valence-corrected chi connectivity index (χ3v) is 3.98. The average Bonchev–Trinajstić information content (AvgIpc) is 2.31. The monoisotopic (exact) mass is 250 g/mol. The van der Waals surface area contributed by atoms with Crippen LogP contribution in [0.4, 0.5) is 4.39 Å². The molecular weight excluding hydrogens is 231 g/mol. The van der Waals surface area contributed by atoms with E-state index in [-0.39, 0.29) is 11.7 Å². The number of aliphatic carboxylic acids is 1. The van der Waals surface area contributed by atoms with Crippen LogP contribution in [-0.4, -0.2) is 11.1 Å². The maximum atomic E-state index is 13.9. The van der Waals surface area contributed by atoms with Gasteiger partial charge in [0.2, 0.25) is 0 Å². The maximum absolute atomic E-state index is 13.9. The van der Waals surface area contributed by atoms with Crippen LogP contribution in [0.3, 0.4) is 0 Å². The average molecular weight is 250 g/mol. The van der Waals surface area contributed by atoms with E-state index in [1.54, 1.807) is 12.1 Å². The summed E-state index contributed by atoms with van der Waals surface area (Å²) in [5, 5.41) is 9.29. The number of hydrogen-bond donors (Lipinski definition) is 1. The van der Waals surface area contributed by atoms with Gasteiger partial charge in [-0.1, -0.05) is 24.6 Å². The van der Waals surface area contributed by atoms with Crippen molar-refractivity contribution in [1.29, 1.82) is 0 Å². The number of rotatable bonds is 2. The minimum absolute atomic E-state index is 0.189. The van der Waals surface area contributed by atoms with E-state index in [0.29, 0.717) is 17.9 Å². The first kappa shape index (κ1) is 13.1. The molecular formula is C15H19FO2. The largest absolute Gasteiger partial charge is 0.481 e. The lowest BCUT2D eigenvalue weighted by atomic mass is 9.71. The van der Waals surface area contributed by atoms with Gasteiger partial charge in [-0.3, -0.25) is 4.79 Å². The van der Waals surface area contributed by atoms with Crippen LogP contribution in [0.2, 0.25) is 0 Å². The number of carboxylic acid groups (broad SMARTS) is 1. The zero-order valence-electron chi connectivity index (χ0n) is 10.8. The Hall–Kier alpha value is -1.38. The molecule has 1 saturated carbocycles. The molecule has 0 amide bonds. The second-order valence-corrected chi connectivity index (χ2v) is 5.49. The van der Waals surface area contributed by atoms with E-state index in [1.807, 2.05) is 6.92 Å². The normalized spacial score (nSPS) is 28.1. The first-order valence-electron chi connectivity index (χ1n) is 6.48. The van der Waals surface area contributed by atoms with Crippen LogP contribution in [0.25, 0.3) is 0 Å². The smallest absolute Gasteiger partial charge is 0.307 e. The summed E-state index contributed by atoms with van der Waals surface area (Å²) in [5.41, 5.74) is 1.56. The number of carbonyl (C=O) groups is 1. The predicted octanol–water partition coefficient (Wildman–Crippen LogP) is 3.74. The van der Waals surface area contributed by atoms with Crippen molar-refractivity contribution in [3.8, 4) is 0 Å². The minimum Gasteiger partial charge on any atom is -0.481 e. The van der Waals surface area contributed by atoms with Gasteiger partial charge in [0.15, 0.2) is 0 Å². The molecule has 1 aromatic carbocycles. The van der Waals surface area contributed by atoms with E-state index in [1.165, 1.54) is 6.07 Å². The third kappa shape index (κ3) is 2.55. The number of carboxylic acids is 1. The van der Waals surface area contributed by atoms with Gasteiger partial charge in [0.05, 0.1) is 5.92 Å². The van der Waals surface area contributed by atoms with Gasteiger partial charge in [-0.15, -0.1) is 0 Å². The Morgan fingerprint density at radius 3 is 2.78 bits per heavy atom. The molecule has 0 aliphatic heterocycles. The molecule has 0 aromatic heterocycles. The summed E-state index contributed by atoms with van der Waals surface area (Å²) in [7, 11) is 0. The number of hydrogen-bond acceptors (Lipinski definition) is 1. The third-order valence-electron chi connectivity index (χ3n) is 3.98. The lowest BCUT2D eigenvalue weighted by Gasteiger charge is -2.33. The van der Waals surface area contributed by atoms with Gasteiger partial charge in [-0.2, -0.15) is 0 Å². The molecule has 2 rings (SSSR count). The zero-order chi connectivity index (χ0) is 13.3. The number of benzene rings is 1. The summed E-state index contributed by atoms with van der Waals surface area (Å²) in [6.45, 7) is 4.02. The molecule has 0 saturated heterocycles. The molecule has 1 aliphatic carbocycles. The van der Waals surface area contributed by atoms with Crippen molar-refractivity contribution >= 4 is 5.97 Å². The van der Waals surface area contributed by atoms with Gasteiger partial charge in [0, 0.05) is 5.92 Å². The van der Waals surface area contributed by atoms with Crippen molar-refractivity contribution in [3.05, 3.63) is 35.1 Å².